The van der Waals surface area contributed by atoms with Gasteiger partial charge in [0.25, 0.3) is 0 Å². The van der Waals surface area contributed by atoms with Gasteiger partial charge in [-0.25, -0.2) is 9.50 Å². The van der Waals surface area contributed by atoms with Crippen LogP contribution in [-0.2, 0) is 0 Å². The molecule has 0 aliphatic rings. The molecule has 0 radical (unpaired) electrons. The van der Waals surface area contributed by atoms with E-state index in [1.165, 1.54) is 0 Å². The fourth-order valence-electron chi connectivity index (χ4n) is 1.35. The summed E-state index contributed by atoms with van der Waals surface area (Å²) in [5.41, 5.74) is 1.88. The third-order valence-corrected chi connectivity index (χ3v) is 1.92. The second-order valence-corrected chi connectivity index (χ2v) is 3.04. The second kappa shape index (κ2) is 3.63. The Hall–Kier alpha value is -1.62. The standard InChI is InChI=1S/C9H12N4O/c1-7-6-8-9(11-3-5-14)10-2-4-13(8)12-7/h2,4,6,14H,3,5H2,1H3,(H,10,11). The number of nitrogens with zero attached hydrogens (tertiary/aromatic N) is 3. The van der Waals surface area contributed by atoms with Crippen molar-refractivity contribution in [3.05, 3.63) is 24.2 Å². The summed E-state index contributed by atoms with van der Waals surface area (Å²) in [5, 5.41) is 16.0. The van der Waals surface area contributed by atoms with Gasteiger partial charge in [-0.1, -0.05) is 0 Å². The molecule has 5 heteroatoms. The minimum Gasteiger partial charge on any atom is -0.395 e. The van der Waals surface area contributed by atoms with Gasteiger partial charge in [-0.2, -0.15) is 5.10 Å². The molecule has 0 aliphatic carbocycles. The van der Waals surface area contributed by atoms with E-state index in [0.717, 1.165) is 17.0 Å². The van der Waals surface area contributed by atoms with Crippen LogP contribution in [0.25, 0.3) is 5.52 Å². The summed E-state index contributed by atoms with van der Waals surface area (Å²) in [6, 6.07) is 1.95. The highest BCUT2D eigenvalue weighted by Gasteiger charge is 2.03. The van der Waals surface area contributed by atoms with Crippen LogP contribution in [0.1, 0.15) is 5.69 Å². The van der Waals surface area contributed by atoms with Crippen molar-refractivity contribution in [3.63, 3.8) is 0 Å². The van der Waals surface area contributed by atoms with Crippen LogP contribution in [0, 0.1) is 6.92 Å². The Labute approximate surface area is 81.4 Å². The molecule has 0 saturated carbocycles. The van der Waals surface area contributed by atoms with Crippen molar-refractivity contribution < 1.29 is 5.11 Å². The zero-order valence-corrected chi connectivity index (χ0v) is 7.94. The van der Waals surface area contributed by atoms with Crippen molar-refractivity contribution in [1.29, 1.82) is 0 Å². The van der Waals surface area contributed by atoms with Gasteiger partial charge < -0.3 is 10.4 Å². The molecule has 2 heterocycles. The molecule has 0 saturated heterocycles. The Kier molecular flexibility index (Phi) is 2.32. The monoisotopic (exact) mass is 192 g/mol. The molecule has 2 aromatic rings. The summed E-state index contributed by atoms with van der Waals surface area (Å²) in [7, 11) is 0. The molecule has 0 aromatic carbocycles. The molecule has 0 spiro atoms. The lowest BCUT2D eigenvalue weighted by atomic mass is 10.4. The number of hydrogen-bond acceptors (Lipinski definition) is 4. The lowest BCUT2D eigenvalue weighted by Crippen LogP contribution is -2.08. The number of hydrogen-bond donors (Lipinski definition) is 2. The molecule has 5 nitrogen and oxygen atoms in total. The molecule has 74 valence electrons. The van der Waals surface area contributed by atoms with Gasteiger partial charge in [0.15, 0.2) is 5.82 Å². The molecule has 2 N–H and O–H groups in total. The number of aliphatic hydroxyl groups is 1. The van der Waals surface area contributed by atoms with E-state index in [-0.39, 0.29) is 6.61 Å². The maximum atomic E-state index is 8.69. The van der Waals surface area contributed by atoms with Crippen LogP contribution in [0.3, 0.4) is 0 Å². The summed E-state index contributed by atoms with van der Waals surface area (Å²) in [6.45, 7) is 2.52. The maximum Gasteiger partial charge on any atom is 0.152 e. The van der Waals surface area contributed by atoms with Crippen LogP contribution in [-0.4, -0.2) is 32.9 Å². The van der Waals surface area contributed by atoms with Crippen LogP contribution in [0.2, 0.25) is 0 Å². The zero-order chi connectivity index (χ0) is 9.97. The molecular weight excluding hydrogens is 180 g/mol. The molecule has 14 heavy (non-hydrogen) atoms. The SMILES string of the molecule is Cc1cc2c(NCCO)nccn2n1. The Bertz CT molecular complexity index is 437. The summed E-state index contributed by atoms with van der Waals surface area (Å²) in [4.78, 5) is 4.17. The van der Waals surface area contributed by atoms with Gasteiger partial charge in [0.05, 0.1) is 12.3 Å². The molecular formula is C9H12N4O. The number of anilines is 1. The van der Waals surface area contributed by atoms with Crippen LogP contribution < -0.4 is 5.32 Å². The van der Waals surface area contributed by atoms with Crippen LogP contribution in [0.4, 0.5) is 5.82 Å². The molecule has 0 bridgehead atoms. The quantitative estimate of drug-likeness (QED) is 0.740. The summed E-state index contributed by atoms with van der Waals surface area (Å²) in [5.74, 6) is 0.752. The highest BCUT2D eigenvalue weighted by Crippen LogP contribution is 2.13. The largest absolute Gasteiger partial charge is 0.395 e. The lowest BCUT2D eigenvalue weighted by molar-refractivity contribution is 0.311. The second-order valence-electron chi connectivity index (χ2n) is 3.04. The van der Waals surface area contributed by atoms with E-state index in [2.05, 4.69) is 15.4 Å². The lowest BCUT2D eigenvalue weighted by Gasteiger charge is -2.03. The minimum absolute atomic E-state index is 0.0931. The summed E-state index contributed by atoms with van der Waals surface area (Å²) in [6.07, 6.45) is 3.48. The molecule has 0 aliphatic heterocycles. The van der Waals surface area contributed by atoms with E-state index in [0.29, 0.717) is 6.54 Å². The van der Waals surface area contributed by atoms with Crippen LogP contribution in [0.15, 0.2) is 18.5 Å². The Morgan fingerprint density at radius 1 is 1.57 bits per heavy atom. The number of nitrogens with one attached hydrogen (secondary N) is 1. The van der Waals surface area contributed by atoms with Crippen molar-refractivity contribution in [2.75, 3.05) is 18.5 Å². The van der Waals surface area contributed by atoms with Gasteiger partial charge in [-0.05, 0) is 13.0 Å². The smallest absolute Gasteiger partial charge is 0.152 e. The highest BCUT2D eigenvalue weighted by molar-refractivity contribution is 5.67. The van der Waals surface area contributed by atoms with E-state index >= 15 is 0 Å². The Balaban J connectivity index is 2.42. The molecule has 0 unspecified atom stereocenters. The predicted octanol–water partition coefficient (Wildman–Crippen LogP) is 0.442. The number of aliphatic hydroxyl groups excluding tert-OH is 1. The van der Waals surface area contributed by atoms with Crippen molar-refractivity contribution in [2.45, 2.75) is 6.92 Å². The van der Waals surface area contributed by atoms with E-state index < -0.39 is 0 Å². The Morgan fingerprint density at radius 3 is 3.21 bits per heavy atom. The van der Waals surface area contributed by atoms with Gasteiger partial charge in [0, 0.05) is 18.9 Å². The molecule has 0 fully saturated rings. The third-order valence-electron chi connectivity index (χ3n) is 1.92. The van der Waals surface area contributed by atoms with Gasteiger partial charge in [0.1, 0.15) is 5.52 Å². The van der Waals surface area contributed by atoms with Gasteiger partial charge in [0.2, 0.25) is 0 Å². The Morgan fingerprint density at radius 2 is 2.43 bits per heavy atom. The number of aryl methyl sites for hydroxylation is 1. The first-order valence-corrected chi connectivity index (χ1v) is 4.47. The first-order valence-electron chi connectivity index (χ1n) is 4.47. The number of fused-ring (bicyclic) bond motifs is 1. The number of rotatable bonds is 3. The van der Waals surface area contributed by atoms with E-state index in [1.54, 1.807) is 16.9 Å². The van der Waals surface area contributed by atoms with Crippen LogP contribution in [0.5, 0.6) is 0 Å². The zero-order valence-electron chi connectivity index (χ0n) is 7.94. The summed E-state index contributed by atoms with van der Waals surface area (Å²) >= 11 is 0. The molecule has 2 rings (SSSR count). The summed E-state index contributed by atoms with van der Waals surface area (Å²) < 4.78 is 1.77. The normalized spacial score (nSPS) is 10.7. The first kappa shape index (κ1) is 8.96. The predicted molar refractivity (Wildman–Crippen MR) is 53.3 cm³/mol. The van der Waals surface area contributed by atoms with Gasteiger partial charge >= 0.3 is 0 Å². The topological polar surface area (TPSA) is 62.5 Å². The first-order chi connectivity index (χ1) is 6.81. The fourth-order valence-corrected chi connectivity index (χ4v) is 1.35. The van der Waals surface area contributed by atoms with Crippen molar-refractivity contribution in [3.8, 4) is 0 Å². The van der Waals surface area contributed by atoms with Gasteiger partial charge in [-0.3, -0.25) is 0 Å². The minimum atomic E-state index is 0.0931. The highest BCUT2D eigenvalue weighted by atomic mass is 16.3. The maximum absolute atomic E-state index is 8.69. The number of aromatic nitrogens is 3. The van der Waals surface area contributed by atoms with E-state index in [9.17, 15) is 0 Å². The van der Waals surface area contributed by atoms with E-state index in [1.807, 2.05) is 13.0 Å². The molecule has 0 atom stereocenters. The van der Waals surface area contributed by atoms with Gasteiger partial charge in [-0.15, -0.1) is 0 Å². The average Bonchev–Trinajstić information content (AvgIpc) is 2.55. The van der Waals surface area contributed by atoms with Crippen LogP contribution >= 0.6 is 0 Å². The van der Waals surface area contributed by atoms with Crippen molar-refractivity contribution in [1.82, 2.24) is 14.6 Å². The van der Waals surface area contributed by atoms with Crippen molar-refractivity contribution >= 4 is 11.3 Å². The third kappa shape index (κ3) is 1.54. The van der Waals surface area contributed by atoms with E-state index in [4.69, 9.17) is 5.11 Å². The molecule has 0 amide bonds. The fraction of sp³-hybridized carbons (Fsp3) is 0.333. The average molecular weight is 192 g/mol. The molecule has 2 aromatic heterocycles. The van der Waals surface area contributed by atoms with Crippen molar-refractivity contribution in [2.24, 2.45) is 0 Å².